The number of ether oxygens (including phenoxy) is 1. The lowest BCUT2D eigenvalue weighted by Gasteiger charge is -2.29. The maximum absolute atomic E-state index is 12.1. The van der Waals surface area contributed by atoms with Crippen molar-refractivity contribution >= 4 is 12.0 Å². The van der Waals surface area contributed by atoms with E-state index in [9.17, 15) is 9.59 Å². The molecule has 2 atom stereocenters. The van der Waals surface area contributed by atoms with Crippen LogP contribution in [-0.2, 0) is 9.53 Å². The Hall–Kier alpha value is -1.30. The third kappa shape index (κ3) is 3.87. The molecule has 18 heavy (non-hydrogen) atoms. The van der Waals surface area contributed by atoms with Crippen LogP contribution in [0.3, 0.4) is 0 Å². The first-order valence-electron chi connectivity index (χ1n) is 6.25. The molecular weight excluding hydrogens is 236 g/mol. The van der Waals surface area contributed by atoms with Gasteiger partial charge in [-0.05, 0) is 20.3 Å². The van der Waals surface area contributed by atoms with Gasteiger partial charge in [-0.25, -0.2) is 4.79 Å². The van der Waals surface area contributed by atoms with Crippen LogP contribution in [0.4, 0.5) is 4.79 Å². The summed E-state index contributed by atoms with van der Waals surface area (Å²) in [6.07, 6.45) is 0.783. The normalized spacial score (nSPS) is 24.6. The first-order chi connectivity index (χ1) is 8.38. The summed E-state index contributed by atoms with van der Waals surface area (Å²) in [5, 5.41) is 11.8. The van der Waals surface area contributed by atoms with E-state index in [1.54, 1.807) is 6.92 Å². The van der Waals surface area contributed by atoms with E-state index in [2.05, 4.69) is 5.32 Å². The summed E-state index contributed by atoms with van der Waals surface area (Å²) >= 11 is 0. The number of aliphatic carboxylic acids is 1. The lowest BCUT2D eigenvalue weighted by Crippen LogP contribution is -2.53. The Kier molecular flexibility index (Phi) is 4.95. The van der Waals surface area contributed by atoms with E-state index in [1.165, 1.54) is 4.90 Å². The lowest BCUT2D eigenvalue weighted by molar-refractivity contribution is -0.141. The molecule has 0 radical (unpaired) electrons. The number of nitrogens with one attached hydrogen (secondary N) is 1. The van der Waals surface area contributed by atoms with Crippen molar-refractivity contribution in [3.05, 3.63) is 0 Å². The molecule has 0 aromatic rings. The Labute approximate surface area is 107 Å². The molecule has 0 aromatic heterocycles. The minimum atomic E-state index is -0.892. The summed E-state index contributed by atoms with van der Waals surface area (Å²) in [6.45, 7) is 7.22. The summed E-state index contributed by atoms with van der Waals surface area (Å²) in [5.74, 6) is -1.46. The molecule has 1 heterocycles. The van der Waals surface area contributed by atoms with Gasteiger partial charge in [0, 0.05) is 19.7 Å². The van der Waals surface area contributed by atoms with Gasteiger partial charge >= 0.3 is 12.0 Å². The Bertz CT molecular complexity index is 313. The number of hydrogen-bond donors (Lipinski definition) is 2. The molecule has 0 spiro atoms. The second kappa shape index (κ2) is 6.04. The molecule has 0 bridgehead atoms. The van der Waals surface area contributed by atoms with Crippen LogP contribution in [0.5, 0.6) is 0 Å². The Morgan fingerprint density at radius 2 is 2.22 bits per heavy atom. The van der Waals surface area contributed by atoms with Crippen molar-refractivity contribution in [3.8, 4) is 0 Å². The molecule has 0 saturated carbocycles. The van der Waals surface area contributed by atoms with Crippen LogP contribution in [0.2, 0.25) is 0 Å². The van der Waals surface area contributed by atoms with Gasteiger partial charge in [-0.3, -0.25) is 4.79 Å². The number of carboxylic acids is 1. The topological polar surface area (TPSA) is 78.9 Å². The second-order valence-corrected chi connectivity index (χ2v) is 5.07. The monoisotopic (exact) mass is 258 g/mol. The first kappa shape index (κ1) is 14.8. The number of carbonyl (C=O) groups is 2. The molecule has 6 heteroatoms. The molecule has 2 unspecified atom stereocenters. The van der Waals surface area contributed by atoms with Gasteiger partial charge in [-0.2, -0.15) is 0 Å². The fourth-order valence-corrected chi connectivity index (χ4v) is 1.87. The zero-order valence-corrected chi connectivity index (χ0v) is 11.2. The highest BCUT2D eigenvalue weighted by Gasteiger charge is 2.33. The van der Waals surface area contributed by atoms with Crippen LogP contribution in [0.25, 0.3) is 0 Å². The molecule has 0 aliphatic carbocycles. The van der Waals surface area contributed by atoms with Crippen molar-refractivity contribution in [2.24, 2.45) is 5.92 Å². The third-order valence-corrected chi connectivity index (χ3v) is 3.21. The average molecular weight is 258 g/mol. The molecule has 6 nitrogen and oxygen atoms in total. The summed E-state index contributed by atoms with van der Waals surface area (Å²) < 4.78 is 5.27. The second-order valence-electron chi connectivity index (χ2n) is 5.07. The minimum Gasteiger partial charge on any atom is -0.481 e. The van der Waals surface area contributed by atoms with Crippen molar-refractivity contribution < 1.29 is 19.4 Å². The van der Waals surface area contributed by atoms with E-state index in [0.717, 1.165) is 6.42 Å². The summed E-state index contributed by atoms with van der Waals surface area (Å²) in [4.78, 5) is 24.4. The van der Waals surface area contributed by atoms with E-state index in [-0.39, 0.29) is 18.1 Å². The number of nitrogens with zero attached hydrogens (tertiary/aromatic N) is 1. The Morgan fingerprint density at radius 3 is 2.67 bits per heavy atom. The van der Waals surface area contributed by atoms with Gasteiger partial charge in [0.15, 0.2) is 0 Å². The highest BCUT2D eigenvalue weighted by molar-refractivity contribution is 5.76. The van der Waals surface area contributed by atoms with Crippen molar-refractivity contribution in [1.29, 1.82) is 0 Å². The molecule has 1 aliphatic heterocycles. The molecule has 104 valence electrons. The van der Waals surface area contributed by atoms with Crippen molar-refractivity contribution in [2.45, 2.75) is 32.7 Å². The summed E-state index contributed by atoms with van der Waals surface area (Å²) in [7, 11) is 0. The molecule has 0 aromatic carbocycles. The SMILES string of the molecule is CCN(CC(C)C(=O)O)C(=O)NC1(C)CCOC1. The number of hydrogen-bond acceptors (Lipinski definition) is 3. The van der Waals surface area contributed by atoms with Gasteiger partial charge in [0.1, 0.15) is 0 Å². The summed E-state index contributed by atoms with van der Waals surface area (Å²) in [6, 6.07) is -0.224. The van der Waals surface area contributed by atoms with Crippen LogP contribution in [-0.4, -0.2) is 53.8 Å². The smallest absolute Gasteiger partial charge is 0.317 e. The van der Waals surface area contributed by atoms with Crippen molar-refractivity contribution in [1.82, 2.24) is 10.2 Å². The number of rotatable bonds is 5. The van der Waals surface area contributed by atoms with E-state index in [4.69, 9.17) is 9.84 Å². The highest BCUT2D eigenvalue weighted by atomic mass is 16.5. The van der Waals surface area contributed by atoms with Crippen molar-refractivity contribution in [3.63, 3.8) is 0 Å². The number of carbonyl (C=O) groups excluding carboxylic acids is 1. The van der Waals surface area contributed by atoms with Crippen LogP contribution >= 0.6 is 0 Å². The van der Waals surface area contributed by atoms with Crippen LogP contribution in [0.15, 0.2) is 0 Å². The standard InChI is InChI=1S/C12H22N2O4/c1-4-14(7-9(2)10(15)16)11(17)13-12(3)5-6-18-8-12/h9H,4-8H2,1-3H3,(H,13,17)(H,15,16). The number of amides is 2. The molecule has 2 amide bonds. The first-order valence-corrected chi connectivity index (χ1v) is 6.25. The molecular formula is C12H22N2O4. The van der Waals surface area contributed by atoms with Crippen LogP contribution in [0, 0.1) is 5.92 Å². The van der Waals surface area contributed by atoms with E-state index in [0.29, 0.717) is 19.8 Å². The molecule has 1 saturated heterocycles. The average Bonchev–Trinajstić information content (AvgIpc) is 2.71. The van der Waals surface area contributed by atoms with Crippen molar-refractivity contribution in [2.75, 3.05) is 26.3 Å². The largest absolute Gasteiger partial charge is 0.481 e. The van der Waals surface area contributed by atoms with Crippen LogP contribution < -0.4 is 5.32 Å². The van der Waals surface area contributed by atoms with E-state index < -0.39 is 11.9 Å². The minimum absolute atomic E-state index is 0.217. The van der Waals surface area contributed by atoms with Gasteiger partial charge in [0.05, 0.1) is 18.1 Å². The van der Waals surface area contributed by atoms with Gasteiger partial charge < -0.3 is 20.1 Å². The number of carboxylic acid groups (broad SMARTS) is 1. The molecule has 1 fully saturated rings. The zero-order chi connectivity index (χ0) is 13.8. The van der Waals surface area contributed by atoms with Gasteiger partial charge in [-0.1, -0.05) is 6.92 Å². The maximum Gasteiger partial charge on any atom is 0.317 e. The predicted molar refractivity (Wildman–Crippen MR) is 66.4 cm³/mol. The fraction of sp³-hybridized carbons (Fsp3) is 0.833. The van der Waals surface area contributed by atoms with Gasteiger partial charge in [0.2, 0.25) is 0 Å². The van der Waals surface area contributed by atoms with Gasteiger partial charge in [-0.15, -0.1) is 0 Å². The maximum atomic E-state index is 12.1. The van der Waals surface area contributed by atoms with Crippen LogP contribution in [0.1, 0.15) is 27.2 Å². The number of urea groups is 1. The van der Waals surface area contributed by atoms with E-state index in [1.807, 2.05) is 13.8 Å². The van der Waals surface area contributed by atoms with Gasteiger partial charge in [0.25, 0.3) is 0 Å². The summed E-state index contributed by atoms with van der Waals surface area (Å²) in [5.41, 5.74) is -0.336. The lowest BCUT2D eigenvalue weighted by atomic mass is 10.0. The molecule has 2 N–H and O–H groups in total. The quantitative estimate of drug-likeness (QED) is 0.768. The van der Waals surface area contributed by atoms with E-state index >= 15 is 0 Å². The molecule has 1 rings (SSSR count). The molecule has 1 aliphatic rings. The zero-order valence-electron chi connectivity index (χ0n) is 11.2. The predicted octanol–water partition coefficient (Wildman–Crippen LogP) is 0.918. The highest BCUT2D eigenvalue weighted by Crippen LogP contribution is 2.18. The fourth-order valence-electron chi connectivity index (χ4n) is 1.87. The Morgan fingerprint density at radius 1 is 1.56 bits per heavy atom. The third-order valence-electron chi connectivity index (χ3n) is 3.21. The Balaban J connectivity index is 2.54.